The number of benzene rings is 2. The predicted octanol–water partition coefficient (Wildman–Crippen LogP) is 4.64. The van der Waals surface area contributed by atoms with E-state index >= 15 is 0 Å². The van der Waals surface area contributed by atoms with E-state index in [1.165, 1.54) is 0 Å². The molecule has 0 aliphatic rings. The maximum absolute atomic E-state index is 12.0. The number of thioether (sulfide) groups is 1. The molecule has 2 aromatic rings. The molecule has 0 spiro atoms. The quantitative estimate of drug-likeness (QED) is 0.836. The average Bonchev–Trinajstić information content (AvgIpc) is 2.43. The Bertz CT molecular complexity index is 611. The van der Waals surface area contributed by atoms with Crippen molar-refractivity contribution in [2.24, 2.45) is 0 Å². The van der Waals surface area contributed by atoms with Crippen LogP contribution in [0.2, 0.25) is 0 Å². The van der Waals surface area contributed by atoms with Crippen LogP contribution < -0.4 is 10.1 Å². The van der Waals surface area contributed by atoms with Gasteiger partial charge < -0.3 is 10.1 Å². The number of ether oxygens (including phenoxy) is 1. The summed E-state index contributed by atoms with van der Waals surface area (Å²) in [6.07, 6.45) is 0. The summed E-state index contributed by atoms with van der Waals surface area (Å²) in [5.74, 6) is 0.676. The van der Waals surface area contributed by atoms with Gasteiger partial charge in [-0.1, -0.05) is 18.2 Å². The van der Waals surface area contributed by atoms with Crippen molar-refractivity contribution in [3.05, 3.63) is 53.6 Å². The zero-order valence-electron chi connectivity index (χ0n) is 11.8. The third-order valence-corrected chi connectivity index (χ3v) is 3.80. The molecule has 1 amide bonds. The van der Waals surface area contributed by atoms with Crippen molar-refractivity contribution in [2.75, 3.05) is 12.4 Å². The highest BCUT2D eigenvalue weighted by Gasteiger charge is 2.10. The molecule has 3 nitrogen and oxygen atoms in total. The Morgan fingerprint density at radius 1 is 1.10 bits per heavy atom. The van der Waals surface area contributed by atoms with Crippen LogP contribution in [0, 0.1) is 13.8 Å². The number of hydrogen-bond donors (Lipinski definition) is 1. The van der Waals surface area contributed by atoms with Crippen LogP contribution in [0.15, 0.2) is 47.4 Å². The Morgan fingerprint density at radius 2 is 1.75 bits per heavy atom. The van der Waals surface area contributed by atoms with Gasteiger partial charge in [-0.3, -0.25) is 4.79 Å². The summed E-state index contributed by atoms with van der Waals surface area (Å²) in [4.78, 5) is 13.0. The molecule has 0 aliphatic heterocycles. The highest BCUT2D eigenvalue weighted by atomic mass is 32.2. The zero-order chi connectivity index (χ0) is 14.5. The number of nitrogens with one attached hydrogen (secondary N) is 1. The van der Waals surface area contributed by atoms with Gasteiger partial charge in [-0.2, -0.15) is 0 Å². The van der Waals surface area contributed by atoms with Gasteiger partial charge in [-0.15, -0.1) is 0 Å². The first-order valence-corrected chi connectivity index (χ1v) is 7.11. The number of anilines is 1. The molecular weight excluding hydrogens is 270 g/mol. The minimum Gasteiger partial charge on any atom is -0.495 e. The van der Waals surface area contributed by atoms with Gasteiger partial charge in [0, 0.05) is 4.90 Å². The van der Waals surface area contributed by atoms with Crippen molar-refractivity contribution in [2.45, 2.75) is 18.7 Å². The largest absolute Gasteiger partial charge is 0.495 e. The highest BCUT2D eigenvalue weighted by Crippen LogP contribution is 2.30. The molecule has 0 fully saturated rings. The van der Waals surface area contributed by atoms with Crippen LogP contribution in [0.1, 0.15) is 11.1 Å². The minimum atomic E-state index is -0.127. The predicted molar refractivity (Wildman–Crippen MR) is 83.8 cm³/mol. The van der Waals surface area contributed by atoms with Crippen molar-refractivity contribution in [3.63, 3.8) is 0 Å². The molecule has 0 saturated heterocycles. The van der Waals surface area contributed by atoms with Crippen molar-refractivity contribution >= 4 is 22.7 Å². The Labute approximate surface area is 123 Å². The zero-order valence-corrected chi connectivity index (χ0v) is 12.6. The second kappa shape index (κ2) is 6.48. The normalized spacial score (nSPS) is 10.2. The molecule has 0 atom stereocenters. The second-order valence-corrected chi connectivity index (χ2v) is 5.51. The van der Waals surface area contributed by atoms with E-state index in [4.69, 9.17) is 4.74 Å². The number of carbonyl (C=O) groups is 1. The molecule has 1 N–H and O–H groups in total. The second-order valence-electron chi connectivity index (χ2n) is 4.46. The lowest BCUT2D eigenvalue weighted by Crippen LogP contribution is -2.06. The first-order valence-electron chi connectivity index (χ1n) is 6.29. The maximum atomic E-state index is 12.0. The Kier molecular flexibility index (Phi) is 4.69. The number of carbonyl (C=O) groups excluding carboxylic acids is 1. The monoisotopic (exact) mass is 287 g/mol. The highest BCUT2D eigenvalue weighted by molar-refractivity contribution is 8.13. The lowest BCUT2D eigenvalue weighted by Gasteiger charge is -2.12. The third kappa shape index (κ3) is 3.54. The minimum absolute atomic E-state index is 0.127. The van der Waals surface area contributed by atoms with E-state index in [1.807, 2.05) is 56.3 Å². The van der Waals surface area contributed by atoms with Crippen molar-refractivity contribution in [1.29, 1.82) is 0 Å². The van der Waals surface area contributed by atoms with E-state index in [1.54, 1.807) is 7.11 Å². The molecule has 0 unspecified atom stereocenters. The molecule has 2 aromatic carbocycles. The standard InChI is InChI=1S/C16H17NO2S/c1-11-9-14(15(19-3)10-12(11)2)17-16(18)20-13-7-5-4-6-8-13/h4-10H,1-3H3,(H,17,18). The van der Waals surface area contributed by atoms with E-state index in [0.717, 1.165) is 27.8 Å². The molecule has 104 valence electrons. The van der Waals surface area contributed by atoms with E-state index in [-0.39, 0.29) is 5.24 Å². The third-order valence-electron chi connectivity index (χ3n) is 3.01. The number of amides is 1. The summed E-state index contributed by atoms with van der Waals surface area (Å²) in [7, 11) is 1.60. The van der Waals surface area contributed by atoms with Crippen LogP contribution in [0.3, 0.4) is 0 Å². The first-order chi connectivity index (χ1) is 9.60. The molecule has 0 aromatic heterocycles. The van der Waals surface area contributed by atoms with Gasteiger partial charge in [0.25, 0.3) is 5.24 Å². The Hall–Kier alpha value is -1.94. The van der Waals surface area contributed by atoms with Gasteiger partial charge in [0.15, 0.2) is 0 Å². The van der Waals surface area contributed by atoms with Crippen LogP contribution in [0.25, 0.3) is 0 Å². The number of methoxy groups -OCH3 is 1. The van der Waals surface area contributed by atoms with Crippen LogP contribution in [0.5, 0.6) is 5.75 Å². The van der Waals surface area contributed by atoms with Crippen LogP contribution >= 0.6 is 11.8 Å². The van der Waals surface area contributed by atoms with Gasteiger partial charge in [0.2, 0.25) is 0 Å². The molecule has 0 bridgehead atoms. The van der Waals surface area contributed by atoms with Crippen LogP contribution in [-0.4, -0.2) is 12.3 Å². The van der Waals surface area contributed by atoms with Gasteiger partial charge in [0.05, 0.1) is 12.8 Å². The lowest BCUT2D eigenvalue weighted by atomic mass is 10.1. The molecule has 0 aliphatic carbocycles. The summed E-state index contributed by atoms with van der Waals surface area (Å²) in [6, 6.07) is 13.4. The van der Waals surface area contributed by atoms with E-state index in [9.17, 15) is 4.79 Å². The maximum Gasteiger partial charge on any atom is 0.288 e. The van der Waals surface area contributed by atoms with Crippen molar-refractivity contribution in [1.82, 2.24) is 0 Å². The number of hydrogen-bond acceptors (Lipinski definition) is 3. The van der Waals surface area contributed by atoms with Gasteiger partial charge >= 0.3 is 0 Å². The smallest absolute Gasteiger partial charge is 0.288 e. The molecule has 4 heteroatoms. The van der Waals surface area contributed by atoms with E-state index in [0.29, 0.717) is 11.4 Å². The van der Waals surface area contributed by atoms with Gasteiger partial charge in [-0.25, -0.2) is 0 Å². The summed E-state index contributed by atoms with van der Waals surface area (Å²) < 4.78 is 5.31. The summed E-state index contributed by atoms with van der Waals surface area (Å²) >= 11 is 1.16. The fraction of sp³-hybridized carbons (Fsp3) is 0.188. The fourth-order valence-corrected chi connectivity index (χ4v) is 2.46. The fourth-order valence-electron chi connectivity index (χ4n) is 1.79. The molecule has 20 heavy (non-hydrogen) atoms. The van der Waals surface area contributed by atoms with E-state index < -0.39 is 0 Å². The number of aryl methyl sites for hydroxylation is 2. The van der Waals surface area contributed by atoms with Gasteiger partial charge in [-0.05, 0) is 61.0 Å². The molecule has 2 rings (SSSR count). The van der Waals surface area contributed by atoms with E-state index in [2.05, 4.69) is 5.32 Å². The summed E-state index contributed by atoms with van der Waals surface area (Å²) in [6.45, 7) is 4.02. The Balaban J connectivity index is 2.13. The summed E-state index contributed by atoms with van der Waals surface area (Å²) in [5.41, 5.74) is 2.95. The topological polar surface area (TPSA) is 38.3 Å². The SMILES string of the molecule is COc1cc(C)c(C)cc1NC(=O)Sc1ccccc1. The molecular formula is C16H17NO2S. The van der Waals surface area contributed by atoms with Crippen LogP contribution in [-0.2, 0) is 0 Å². The van der Waals surface area contributed by atoms with Gasteiger partial charge in [0.1, 0.15) is 5.75 Å². The van der Waals surface area contributed by atoms with Crippen molar-refractivity contribution < 1.29 is 9.53 Å². The molecule has 0 saturated carbocycles. The number of rotatable bonds is 3. The lowest BCUT2D eigenvalue weighted by molar-refractivity contribution is 0.269. The molecule has 0 radical (unpaired) electrons. The molecule has 0 heterocycles. The summed E-state index contributed by atoms with van der Waals surface area (Å²) in [5, 5.41) is 2.75. The Morgan fingerprint density at radius 3 is 2.40 bits per heavy atom. The first kappa shape index (κ1) is 14.5. The van der Waals surface area contributed by atoms with Crippen LogP contribution in [0.4, 0.5) is 10.5 Å². The van der Waals surface area contributed by atoms with Crippen molar-refractivity contribution in [3.8, 4) is 5.75 Å². The average molecular weight is 287 g/mol.